The number of hydrogen-bond donors (Lipinski definition) is 0. The molecule has 29 heavy (non-hydrogen) atoms. The van der Waals surface area contributed by atoms with Gasteiger partial charge in [-0.15, -0.1) is 0 Å². The van der Waals surface area contributed by atoms with E-state index in [0.29, 0.717) is 12.1 Å². The average Bonchev–Trinajstić information content (AvgIpc) is 3.15. The van der Waals surface area contributed by atoms with Crippen LogP contribution in [-0.4, -0.2) is 4.57 Å². The van der Waals surface area contributed by atoms with Crippen LogP contribution in [0.5, 0.6) is 0 Å². The largest absolute Gasteiger partial charge is 0.244 e. The first-order valence-electron chi connectivity index (χ1n) is 12.6. The zero-order valence-corrected chi connectivity index (χ0v) is 20.5. The summed E-state index contributed by atoms with van der Waals surface area (Å²) in [7, 11) is 0. The van der Waals surface area contributed by atoms with E-state index >= 15 is 0 Å². The minimum atomic E-state index is 0.639. The van der Waals surface area contributed by atoms with Crippen LogP contribution < -0.4 is 4.57 Å². The number of nitrogens with zero attached hydrogens (tertiary/aromatic N) is 2. The van der Waals surface area contributed by atoms with Gasteiger partial charge in [0, 0.05) is 23.7 Å². The van der Waals surface area contributed by atoms with Gasteiger partial charge in [-0.2, -0.15) is 0 Å². The van der Waals surface area contributed by atoms with Gasteiger partial charge in [0.1, 0.15) is 24.5 Å². The molecule has 2 fully saturated rings. The number of aromatic nitrogens is 2. The maximum absolute atomic E-state index is 2.64. The number of hydrogen-bond acceptors (Lipinski definition) is 0. The highest BCUT2D eigenvalue weighted by molar-refractivity contribution is 4.97. The molecule has 2 aliphatic rings. The van der Waals surface area contributed by atoms with Crippen molar-refractivity contribution in [2.24, 2.45) is 47.3 Å². The van der Waals surface area contributed by atoms with E-state index in [2.05, 4.69) is 89.7 Å². The highest BCUT2D eigenvalue weighted by Crippen LogP contribution is 2.46. The van der Waals surface area contributed by atoms with Gasteiger partial charge in [0.2, 0.25) is 6.33 Å². The van der Waals surface area contributed by atoms with Crippen LogP contribution in [-0.2, 0) is 0 Å². The second kappa shape index (κ2) is 9.48. The Balaban J connectivity index is 1.96. The lowest BCUT2D eigenvalue weighted by molar-refractivity contribution is -0.741. The molecule has 0 aliphatic heterocycles. The minimum absolute atomic E-state index is 0.639. The van der Waals surface area contributed by atoms with Gasteiger partial charge in [0.25, 0.3) is 0 Å². The highest BCUT2D eigenvalue weighted by Gasteiger charge is 2.46. The third-order valence-corrected chi connectivity index (χ3v) is 8.50. The SMILES string of the molecule is CC(C)C1C[CH+]C[C@@H](C(C)C)C1n1cc[n+](C2C(C(C)C)CCC[C@@H]2C(C)C)c1. The summed E-state index contributed by atoms with van der Waals surface area (Å²) in [4.78, 5) is 0. The Hall–Kier alpha value is -0.920. The van der Waals surface area contributed by atoms with Crippen molar-refractivity contribution in [3.05, 3.63) is 25.1 Å². The van der Waals surface area contributed by atoms with E-state index < -0.39 is 0 Å². The molecule has 4 unspecified atom stereocenters. The van der Waals surface area contributed by atoms with Crippen LogP contribution in [0, 0.1) is 53.8 Å². The summed E-state index contributed by atoms with van der Waals surface area (Å²) in [5.41, 5.74) is 0. The molecule has 1 aromatic rings. The predicted octanol–water partition coefficient (Wildman–Crippen LogP) is 7.13. The molecule has 0 amide bonds. The van der Waals surface area contributed by atoms with Gasteiger partial charge >= 0.3 is 0 Å². The maximum Gasteiger partial charge on any atom is 0.244 e. The summed E-state index contributed by atoms with van der Waals surface area (Å²) >= 11 is 0. The van der Waals surface area contributed by atoms with Gasteiger partial charge < -0.3 is 0 Å². The van der Waals surface area contributed by atoms with Crippen molar-refractivity contribution < 1.29 is 4.57 Å². The van der Waals surface area contributed by atoms with E-state index in [9.17, 15) is 0 Å². The Labute approximate surface area is 181 Å². The second-order valence-electron chi connectivity index (χ2n) is 11.6. The van der Waals surface area contributed by atoms with Crippen molar-refractivity contribution in [3.8, 4) is 0 Å². The molecule has 0 radical (unpaired) electrons. The Morgan fingerprint density at radius 3 is 1.69 bits per heavy atom. The topological polar surface area (TPSA) is 8.81 Å². The van der Waals surface area contributed by atoms with Crippen LogP contribution in [0.15, 0.2) is 18.7 Å². The molecule has 1 heterocycles. The molecule has 6 atom stereocenters. The lowest BCUT2D eigenvalue weighted by Gasteiger charge is -2.40. The van der Waals surface area contributed by atoms with Crippen LogP contribution in [0.25, 0.3) is 0 Å². The first-order chi connectivity index (χ1) is 13.7. The monoisotopic (exact) mass is 400 g/mol. The van der Waals surface area contributed by atoms with E-state index in [0.717, 1.165) is 47.3 Å². The quantitative estimate of drug-likeness (QED) is 0.355. The first-order valence-corrected chi connectivity index (χ1v) is 12.6. The smallest absolute Gasteiger partial charge is 0.234 e. The summed E-state index contributed by atoms with van der Waals surface area (Å²) in [5.74, 6) is 6.10. The maximum atomic E-state index is 2.64. The average molecular weight is 401 g/mol. The molecule has 0 spiro atoms. The summed E-state index contributed by atoms with van der Waals surface area (Å²) in [6, 6.07) is 1.30. The van der Waals surface area contributed by atoms with E-state index in [1.54, 1.807) is 0 Å². The van der Waals surface area contributed by atoms with E-state index in [1.807, 2.05) is 0 Å². The molecular weight excluding hydrogens is 352 g/mol. The van der Waals surface area contributed by atoms with Crippen molar-refractivity contribution in [2.45, 2.75) is 99.6 Å². The molecule has 164 valence electrons. The second-order valence-corrected chi connectivity index (χ2v) is 11.6. The molecular formula is C27H48N2+2. The Morgan fingerprint density at radius 1 is 0.759 bits per heavy atom. The molecule has 2 aliphatic carbocycles. The van der Waals surface area contributed by atoms with Crippen LogP contribution >= 0.6 is 0 Å². The third-order valence-electron chi connectivity index (χ3n) is 8.50. The molecule has 0 bridgehead atoms. The zero-order chi connectivity index (χ0) is 21.3. The van der Waals surface area contributed by atoms with Crippen LogP contribution in [0.3, 0.4) is 0 Å². The lowest BCUT2D eigenvalue weighted by Crippen LogP contribution is -2.51. The normalized spacial score (nSPS) is 33.7. The van der Waals surface area contributed by atoms with Crippen LogP contribution in [0.4, 0.5) is 0 Å². The number of imidazole rings is 1. The molecule has 0 aromatic carbocycles. The fraction of sp³-hybridized carbons (Fsp3) is 0.852. The van der Waals surface area contributed by atoms with E-state index in [4.69, 9.17) is 0 Å². The molecule has 2 saturated carbocycles. The molecule has 0 N–H and O–H groups in total. The molecule has 0 saturated heterocycles. The number of rotatable bonds is 6. The lowest BCUT2D eigenvalue weighted by atomic mass is 9.68. The van der Waals surface area contributed by atoms with Gasteiger partial charge in [-0.25, -0.2) is 9.13 Å². The predicted molar refractivity (Wildman–Crippen MR) is 123 cm³/mol. The van der Waals surface area contributed by atoms with Gasteiger partial charge in [0.15, 0.2) is 0 Å². The zero-order valence-electron chi connectivity index (χ0n) is 20.5. The molecule has 3 rings (SSSR count). The Morgan fingerprint density at radius 2 is 1.24 bits per heavy atom. The molecule has 2 heteroatoms. The van der Waals surface area contributed by atoms with E-state index in [-0.39, 0.29) is 0 Å². The summed E-state index contributed by atoms with van der Waals surface area (Å²) < 4.78 is 5.27. The van der Waals surface area contributed by atoms with Crippen molar-refractivity contribution in [1.82, 2.24) is 4.57 Å². The summed E-state index contributed by atoms with van der Waals surface area (Å²) in [6.07, 6.45) is 16.7. The highest BCUT2D eigenvalue weighted by atomic mass is 15.2. The Bertz CT molecular complexity index is 542. The van der Waals surface area contributed by atoms with Crippen molar-refractivity contribution in [1.29, 1.82) is 0 Å². The van der Waals surface area contributed by atoms with Gasteiger partial charge in [-0.1, -0.05) is 61.8 Å². The first kappa shape index (κ1) is 22.8. The molecule has 2 nitrogen and oxygen atoms in total. The Kier molecular flexibility index (Phi) is 7.44. The van der Waals surface area contributed by atoms with E-state index in [1.165, 1.54) is 32.1 Å². The van der Waals surface area contributed by atoms with Gasteiger partial charge in [0.05, 0.1) is 19.3 Å². The standard InChI is InChI=1S/C27H48N2/c1-18(2)22-11-9-12-23(19(3)4)26(22)28-15-16-29(17-28)27-24(20(5)6)13-10-14-25(27)21(7)8/h9,15-27H,10-14H2,1-8H3/q+2/t22-,23?,24+,25?,26?,27?/m0/s1. The fourth-order valence-corrected chi connectivity index (χ4v) is 6.74. The minimum Gasteiger partial charge on any atom is -0.234 e. The fourth-order valence-electron chi connectivity index (χ4n) is 6.74. The van der Waals surface area contributed by atoms with Gasteiger partial charge in [-0.3, -0.25) is 0 Å². The van der Waals surface area contributed by atoms with Crippen molar-refractivity contribution >= 4 is 0 Å². The van der Waals surface area contributed by atoms with Crippen LogP contribution in [0.2, 0.25) is 0 Å². The van der Waals surface area contributed by atoms with Crippen LogP contribution in [0.1, 0.15) is 99.6 Å². The van der Waals surface area contributed by atoms with Crippen molar-refractivity contribution in [2.75, 3.05) is 0 Å². The van der Waals surface area contributed by atoms with Gasteiger partial charge in [-0.05, 0) is 36.5 Å². The molecule has 1 aromatic heterocycles. The summed E-state index contributed by atoms with van der Waals surface area (Å²) in [5, 5.41) is 0. The van der Waals surface area contributed by atoms with Crippen molar-refractivity contribution in [3.63, 3.8) is 0 Å². The third kappa shape index (κ3) is 4.72. The summed E-state index contributed by atoms with van der Waals surface area (Å²) in [6.45, 7) is 19.5.